The van der Waals surface area contributed by atoms with Crippen molar-refractivity contribution in [2.75, 3.05) is 0 Å². The molecule has 92 valence electrons. The van der Waals surface area contributed by atoms with Crippen molar-refractivity contribution in [2.24, 2.45) is 5.92 Å². The van der Waals surface area contributed by atoms with Gasteiger partial charge in [-0.25, -0.2) is 0 Å². The molecule has 0 aromatic heterocycles. The highest BCUT2D eigenvalue weighted by Gasteiger charge is 2.25. The molecule has 0 spiro atoms. The molecule has 3 atom stereocenters. The van der Waals surface area contributed by atoms with Crippen molar-refractivity contribution in [3.05, 3.63) is 35.9 Å². The van der Waals surface area contributed by atoms with Crippen molar-refractivity contribution in [3.8, 4) is 0 Å². The van der Waals surface area contributed by atoms with Crippen LogP contribution in [-0.4, -0.2) is 17.1 Å². The molecule has 1 saturated carbocycles. The van der Waals surface area contributed by atoms with Crippen molar-refractivity contribution < 1.29 is 9.90 Å². The second-order valence-corrected chi connectivity index (χ2v) is 4.94. The van der Waals surface area contributed by atoms with Gasteiger partial charge in [-0.05, 0) is 30.7 Å². The van der Waals surface area contributed by atoms with Crippen LogP contribution < -0.4 is 5.32 Å². The van der Waals surface area contributed by atoms with Gasteiger partial charge in [0.25, 0.3) is 5.91 Å². The van der Waals surface area contributed by atoms with Crippen molar-refractivity contribution in [2.45, 2.75) is 38.3 Å². The quantitative estimate of drug-likeness (QED) is 0.839. The van der Waals surface area contributed by atoms with E-state index in [1.54, 1.807) is 12.1 Å². The maximum absolute atomic E-state index is 11.8. The standard InChI is InChI=1S/C14H19NO2/c1-10-7-8-12(9-10)15-14(17)13(16)11-5-3-2-4-6-11/h2-6,10,12-13,16H,7-9H2,1H3,(H,15,17). The summed E-state index contributed by atoms with van der Waals surface area (Å²) >= 11 is 0. The Morgan fingerprint density at radius 3 is 2.65 bits per heavy atom. The molecule has 3 heteroatoms. The Morgan fingerprint density at radius 2 is 2.06 bits per heavy atom. The number of rotatable bonds is 3. The zero-order valence-corrected chi connectivity index (χ0v) is 10.1. The summed E-state index contributed by atoms with van der Waals surface area (Å²) in [5.41, 5.74) is 0.649. The average Bonchev–Trinajstić information content (AvgIpc) is 2.75. The molecule has 1 fully saturated rings. The van der Waals surface area contributed by atoms with E-state index in [0.717, 1.165) is 19.3 Å². The third kappa shape index (κ3) is 3.07. The maximum atomic E-state index is 11.8. The number of benzene rings is 1. The molecule has 0 radical (unpaired) electrons. The molecule has 0 heterocycles. The fraction of sp³-hybridized carbons (Fsp3) is 0.500. The van der Waals surface area contributed by atoms with E-state index in [0.29, 0.717) is 11.5 Å². The van der Waals surface area contributed by atoms with Crippen LogP contribution in [0.25, 0.3) is 0 Å². The normalized spacial score (nSPS) is 25.5. The Labute approximate surface area is 102 Å². The lowest BCUT2D eigenvalue weighted by Crippen LogP contribution is -2.36. The van der Waals surface area contributed by atoms with E-state index in [2.05, 4.69) is 12.2 Å². The van der Waals surface area contributed by atoms with E-state index >= 15 is 0 Å². The third-order valence-electron chi connectivity index (χ3n) is 3.40. The number of hydrogen-bond donors (Lipinski definition) is 2. The number of carbonyl (C=O) groups is 1. The minimum absolute atomic E-state index is 0.232. The van der Waals surface area contributed by atoms with Gasteiger partial charge in [0, 0.05) is 6.04 Å². The van der Waals surface area contributed by atoms with Crippen molar-refractivity contribution in [1.82, 2.24) is 5.32 Å². The average molecular weight is 233 g/mol. The molecule has 1 aromatic rings. The second kappa shape index (κ2) is 5.32. The molecule has 2 rings (SSSR count). The lowest BCUT2D eigenvalue weighted by Gasteiger charge is -2.16. The first-order chi connectivity index (χ1) is 8.16. The number of amides is 1. The predicted octanol–water partition coefficient (Wildman–Crippen LogP) is 2.02. The summed E-state index contributed by atoms with van der Waals surface area (Å²) in [7, 11) is 0. The number of aliphatic hydroxyl groups is 1. The number of nitrogens with one attached hydrogen (secondary N) is 1. The lowest BCUT2D eigenvalue weighted by molar-refractivity contribution is -0.130. The van der Waals surface area contributed by atoms with Crippen LogP contribution in [0.3, 0.4) is 0 Å². The molecule has 0 saturated heterocycles. The van der Waals surface area contributed by atoms with Gasteiger partial charge in [0.2, 0.25) is 0 Å². The van der Waals surface area contributed by atoms with Gasteiger partial charge in [0.1, 0.15) is 0 Å². The minimum atomic E-state index is -1.05. The number of aliphatic hydroxyl groups excluding tert-OH is 1. The van der Waals surface area contributed by atoms with Gasteiger partial charge in [-0.15, -0.1) is 0 Å². The lowest BCUT2D eigenvalue weighted by atomic mass is 10.1. The van der Waals surface area contributed by atoms with Crippen LogP contribution >= 0.6 is 0 Å². The summed E-state index contributed by atoms with van der Waals surface area (Å²) in [6.45, 7) is 2.19. The summed E-state index contributed by atoms with van der Waals surface area (Å²) < 4.78 is 0. The molecule has 1 aromatic carbocycles. The van der Waals surface area contributed by atoms with Gasteiger partial charge >= 0.3 is 0 Å². The predicted molar refractivity (Wildman–Crippen MR) is 66.3 cm³/mol. The molecule has 3 unspecified atom stereocenters. The van der Waals surface area contributed by atoms with Crippen molar-refractivity contribution in [1.29, 1.82) is 0 Å². The van der Waals surface area contributed by atoms with Crippen LogP contribution in [0.1, 0.15) is 37.9 Å². The largest absolute Gasteiger partial charge is 0.378 e. The SMILES string of the molecule is CC1CCC(NC(=O)C(O)c2ccccc2)C1. The first-order valence-corrected chi connectivity index (χ1v) is 6.20. The summed E-state index contributed by atoms with van der Waals surface area (Å²) in [5, 5.41) is 12.8. The summed E-state index contributed by atoms with van der Waals surface area (Å²) in [5.74, 6) is 0.393. The third-order valence-corrected chi connectivity index (χ3v) is 3.40. The molecule has 1 aliphatic rings. The maximum Gasteiger partial charge on any atom is 0.253 e. The summed E-state index contributed by atoms with van der Waals surface area (Å²) in [6.07, 6.45) is 2.15. The molecule has 1 aliphatic carbocycles. The van der Waals surface area contributed by atoms with E-state index in [4.69, 9.17) is 0 Å². The smallest absolute Gasteiger partial charge is 0.253 e. The van der Waals surface area contributed by atoms with Gasteiger partial charge in [0.05, 0.1) is 0 Å². The zero-order chi connectivity index (χ0) is 12.3. The molecule has 2 N–H and O–H groups in total. The fourth-order valence-corrected chi connectivity index (χ4v) is 2.41. The van der Waals surface area contributed by atoms with E-state index in [1.807, 2.05) is 18.2 Å². The molecule has 0 bridgehead atoms. The first-order valence-electron chi connectivity index (χ1n) is 6.20. The van der Waals surface area contributed by atoms with Gasteiger partial charge in [-0.1, -0.05) is 37.3 Å². The molecule has 17 heavy (non-hydrogen) atoms. The number of carbonyl (C=O) groups excluding carboxylic acids is 1. The highest BCUT2D eigenvalue weighted by atomic mass is 16.3. The van der Waals surface area contributed by atoms with Crippen LogP contribution in [0.5, 0.6) is 0 Å². The molecular formula is C14H19NO2. The second-order valence-electron chi connectivity index (χ2n) is 4.94. The van der Waals surface area contributed by atoms with Gasteiger partial charge in [-0.3, -0.25) is 4.79 Å². The Balaban J connectivity index is 1.92. The van der Waals surface area contributed by atoms with Crippen LogP contribution in [0.4, 0.5) is 0 Å². The van der Waals surface area contributed by atoms with E-state index in [-0.39, 0.29) is 11.9 Å². The van der Waals surface area contributed by atoms with E-state index in [9.17, 15) is 9.90 Å². The van der Waals surface area contributed by atoms with Gasteiger partial charge in [0.15, 0.2) is 6.10 Å². The fourth-order valence-electron chi connectivity index (χ4n) is 2.41. The van der Waals surface area contributed by atoms with Gasteiger partial charge in [-0.2, -0.15) is 0 Å². The van der Waals surface area contributed by atoms with Crippen LogP contribution in [0.15, 0.2) is 30.3 Å². The monoisotopic (exact) mass is 233 g/mol. The Bertz CT molecular complexity index is 377. The van der Waals surface area contributed by atoms with Crippen LogP contribution in [-0.2, 0) is 4.79 Å². The van der Waals surface area contributed by atoms with Crippen LogP contribution in [0, 0.1) is 5.92 Å². The molecule has 0 aliphatic heterocycles. The summed E-state index contributed by atoms with van der Waals surface area (Å²) in [6, 6.07) is 9.28. The Kier molecular flexibility index (Phi) is 3.79. The highest BCUT2D eigenvalue weighted by molar-refractivity contribution is 5.82. The zero-order valence-electron chi connectivity index (χ0n) is 10.1. The van der Waals surface area contributed by atoms with Crippen LogP contribution in [0.2, 0.25) is 0 Å². The number of hydrogen-bond acceptors (Lipinski definition) is 2. The topological polar surface area (TPSA) is 49.3 Å². The minimum Gasteiger partial charge on any atom is -0.378 e. The molecule has 3 nitrogen and oxygen atoms in total. The highest BCUT2D eigenvalue weighted by Crippen LogP contribution is 2.25. The molecular weight excluding hydrogens is 214 g/mol. The van der Waals surface area contributed by atoms with Crippen molar-refractivity contribution >= 4 is 5.91 Å². The molecule has 1 amide bonds. The van der Waals surface area contributed by atoms with Gasteiger partial charge < -0.3 is 10.4 Å². The Morgan fingerprint density at radius 1 is 1.35 bits per heavy atom. The van der Waals surface area contributed by atoms with E-state index in [1.165, 1.54) is 0 Å². The Hall–Kier alpha value is -1.35. The van der Waals surface area contributed by atoms with E-state index < -0.39 is 6.10 Å². The summed E-state index contributed by atoms with van der Waals surface area (Å²) in [4.78, 5) is 11.8. The van der Waals surface area contributed by atoms with Crippen molar-refractivity contribution in [3.63, 3.8) is 0 Å². The first kappa shape index (κ1) is 12.1.